The molecule has 0 unspecified atom stereocenters. The Morgan fingerprint density at radius 2 is 1.62 bits per heavy atom. The summed E-state index contributed by atoms with van der Waals surface area (Å²) in [6.45, 7) is 7.98. The van der Waals surface area contributed by atoms with Gasteiger partial charge in [0.05, 0.1) is 14.2 Å². The summed E-state index contributed by atoms with van der Waals surface area (Å²) in [6.07, 6.45) is 3.29. The molecule has 1 heterocycles. The van der Waals surface area contributed by atoms with Crippen LogP contribution in [0.2, 0.25) is 0 Å². The van der Waals surface area contributed by atoms with Crippen LogP contribution in [-0.4, -0.2) is 62.0 Å². The first-order chi connectivity index (χ1) is 12.3. The largest absolute Gasteiger partial charge is 0.497 e. The molecule has 142 valence electrons. The Hall–Kier alpha value is -2.50. The van der Waals surface area contributed by atoms with Crippen LogP contribution in [0.25, 0.3) is 6.08 Å². The molecule has 0 aromatic heterocycles. The molecule has 1 fully saturated rings. The van der Waals surface area contributed by atoms with Gasteiger partial charge < -0.3 is 19.3 Å². The fourth-order valence-corrected chi connectivity index (χ4v) is 2.83. The van der Waals surface area contributed by atoms with E-state index >= 15 is 0 Å². The van der Waals surface area contributed by atoms with E-state index in [1.165, 1.54) is 0 Å². The van der Waals surface area contributed by atoms with Crippen LogP contribution in [0.5, 0.6) is 11.5 Å². The number of carbonyl (C=O) groups is 2. The van der Waals surface area contributed by atoms with Gasteiger partial charge in [-0.1, -0.05) is 20.8 Å². The molecule has 0 radical (unpaired) electrons. The van der Waals surface area contributed by atoms with Crippen LogP contribution in [-0.2, 0) is 9.59 Å². The molecule has 1 aromatic carbocycles. The van der Waals surface area contributed by atoms with Gasteiger partial charge in [-0.05, 0) is 18.2 Å². The van der Waals surface area contributed by atoms with Gasteiger partial charge in [0.1, 0.15) is 11.5 Å². The number of methoxy groups -OCH3 is 2. The molecule has 26 heavy (non-hydrogen) atoms. The number of piperazine rings is 1. The van der Waals surface area contributed by atoms with Crippen molar-refractivity contribution in [2.45, 2.75) is 20.8 Å². The SMILES string of the molecule is COc1ccc(/C=C/C(=O)N2CCN(C(=O)C(C)(C)C)CC2)c(OC)c1. The molecular formula is C20H28N2O4. The number of amides is 2. The maximum Gasteiger partial charge on any atom is 0.246 e. The lowest BCUT2D eigenvalue weighted by Crippen LogP contribution is -2.52. The lowest BCUT2D eigenvalue weighted by atomic mass is 9.94. The van der Waals surface area contributed by atoms with Gasteiger partial charge in [0.15, 0.2) is 0 Å². The Balaban J connectivity index is 1.97. The van der Waals surface area contributed by atoms with E-state index in [1.807, 2.05) is 37.8 Å². The fraction of sp³-hybridized carbons (Fsp3) is 0.500. The Bertz CT molecular complexity index is 684. The minimum atomic E-state index is -0.392. The van der Waals surface area contributed by atoms with Gasteiger partial charge in [-0.2, -0.15) is 0 Å². The van der Waals surface area contributed by atoms with E-state index in [1.54, 1.807) is 37.3 Å². The Morgan fingerprint density at radius 1 is 1.00 bits per heavy atom. The maximum atomic E-state index is 12.4. The topological polar surface area (TPSA) is 59.1 Å². The molecule has 2 amide bonds. The van der Waals surface area contributed by atoms with E-state index in [9.17, 15) is 9.59 Å². The summed E-state index contributed by atoms with van der Waals surface area (Å²) in [4.78, 5) is 28.3. The van der Waals surface area contributed by atoms with Crippen LogP contribution in [0.1, 0.15) is 26.3 Å². The zero-order valence-electron chi connectivity index (χ0n) is 16.2. The minimum Gasteiger partial charge on any atom is -0.497 e. The van der Waals surface area contributed by atoms with Gasteiger partial charge in [0.2, 0.25) is 11.8 Å². The highest BCUT2D eigenvalue weighted by Gasteiger charge is 2.30. The molecule has 0 spiro atoms. The predicted octanol–water partition coefficient (Wildman–Crippen LogP) is 2.43. The summed E-state index contributed by atoms with van der Waals surface area (Å²) in [7, 11) is 3.18. The predicted molar refractivity (Wildman–Crippen MR) is 101 cm³/mol. The van der Waals surface area contributed by atoms with Crippen molar-refractivity contribution in [1.29, 1.82) is 0 Å². The molecule has 1 aliphatic heterocycles. The van der Waals surface area contributed by atoms with Crippen LogP contribution >= 0.6 is 0 Å². The van der Waals surface area contributed by atoms with Crippen molar-refractivity contribution < 1.29 is 19.1 Å². The molecule has 6 heteroatoms. The molecule has 0 atom stereocenters. The van der Waals surface area contributed by atoms with Crippen molar-refractivity contribution in [2.75, 3.05) is 40.4 Å². The zero-order valence-corrected chi connectivity index (χ0v) is 16.2. The number of hydrogen-bond donors (Lipinski definition) is 0. The summed E-state index contributed by atoms with van der Waals surface area (Å²) in [6, 6.07) is 5.45. The van der Waals surface area contributed by atoms with Crippen LogP contribution in [0.15, 0.2) is 24.3 Å². The zero-order chi connectivity index (χ0) is 19.3. The second-order valence-corrected chi connectivity index (χ2v) is 7.31. The van der Waals surface area contributed by atoms with Crippen LogP contribution in [0.4, 0.5) is 0 Å². The second kappa shape index (κ2) is 8.25. The monoisotopic (exact) mass is 360 g/mol. The smallest absolute Gasteiger partial charge is 0.246 e. The first kappa shape index (κ1) is 19.8. The van der Waals surface area contributed by atoms with Gasteiger partial charge in [-0.15, -0.1) is 0 Å². The lowest BCUT2D eigenvalue weighted by Gasteiger charge is -2.37. The van der Waals surface area contributed by atoms with Crippen LogP contribution in [0.3, 0.4) is 0 Å². The molecule has 0 saturated carbocycles. The third-order valence-corrected chi connectivity index (χ3v) is 4.37. The first-order valence-corrected chi connectivity index (χ1v) is 8.74. The molecule has 1 aromatic rings. The first-order valence-electron chi connectivity index (χ1n) is 8.74. The molecule has 1 aliphatic rings. The van der Waals surface area contributed by atoms with E-state index in [2.05, 4.69) is 0 Å². The van der Waals surface area contributed by atoms with Crippen molar-refractivity contribution in [1.82, 2.24) is 9.80 Å². The molecule has 6 nitrogen and oxygen atoms in total. The van der Waals surface area contributed by atoms with Gasteiger partial charge in [0, 0.05) is 49.3 Å². The standard InChI is InChI=1S/C20H28N2O4/c1-20(2,3)19(24)22-12-10-21(11-13-22)18(23)9-7-15-6-8-16(25-4)14-17(15)26-5/h6-9,14H,10-13H2,1-5H3/b9-7+. The fourth-order valence-electron chi connectivity index (χ4n) is 2.83. The van der Waals surface area contributed by atoms with E-state index in [0.717, 1.165) is 5.56 Å². The average molecular weight is 360 g/mol. The second-order valence-electron chi connectivity index (χ2n) is 7.31. The van der Waals surface area contributed by atoms with Crippen molar-refractivity contribution in [2.24, 2.45) is 5.41 Å². The third-order valence-electron chi connectivity index (χ3n) is 4.37. The number of benzene rings is 1. The van der Waals surface area contributed by atoms with Crippen molar-refractivity contribution in [3.63, 3.8) is 0 Å². The number of hydrogen-bond acceptors (Lipinski definition) is 4. The number of carbonyl (C=O) groups excluding carboxylic acids is 2. The highest BCUT2D eigenvalue weighted by atomic mass is 16.5. The van der Waals surface area contributed by atoms with E-state index in [4.69, 9.17) is 9.47 Å². The van der Waals surface area contributed by atoms with Gasteiger partial charge in [-0.3, -0.25) is 9.59 Å². The molecular weight excluding hydrogens is 332 g/mol. The summed E-state index contributed by atoms with van der Waals surface area (Å²) in [5, 5.41) is 0. The van der Waals surface area contributed by atoms with Gasteiger partial charge in [0.25, 0.3) is 0 Å². The molecule has 0 aliphatic carbocycles. The van der Waals surface area contributed by atoms with E-state index in [-0.39, 0.29) is 11.8 Å². The molecule has 0 bridgehead atoms. The third kappa shape index (κ3) is 4.77. The highest BCUT2D eigenvalue weighted by molar-refractivity contribution is 5.92. The van der Waals surface area contributed by atoms with Crippen LogP contribution in [0, 0.1) is 5.41 Å². The summed E-state index contributed by atoms with van der Waals surface area (Å²) >= 11 is 0. The van der Waals surface area contributed by atoms with E-state index in [0.29, 0.717) is 37.7 Å². The van der Waals surface area contributed by atoms with Crippen molar-refractivity contribution >= 4 is 17.9 Å². The quantitative estimate of drug-likeness (QED) is 0.774. The molecule has 1 saturated heterocycles. The highest BCUT2D eigenvalue weighted by Crippen LogP contribution is 2.25. The number of rotatable bonds is 4. The Labute approximate surface area is 155 Å². The summed E-state index contributed by atoms with van der Waals surface area (Å²) < 4.78 is 10.5. The average Bonchev–Trinajstić information content (AvgIpc) is 2.64. The Kier molecular flexibility index (Phi) is 6.29. The minimum absolute atomic E-state index is 0.0641. The Morgan fingerprint density at radius 3 is 2.15 bits per heavy atom. The van der Waals surface area contributed by atoms with Crippen LogP contribution < -0.4 is 9.47 Å². The molecule has 2 rings (SSSR count). The van der Waals surface area contributed by atoms with Gasteiger partial charge in [-0.25, -0.2) is 0 Å². The lowest BCUT2D eigenvalue weighted by molar-refractivity contribution is -0.143. The number of ether oxygens (including phenoxy) is 2. The summed E-state index contributed by atoms with van der Waals surface area (Å²) in [5.41, 5.74) is 0.417. The number of nitrogens with zero attached hydrogens (tertiary/aromatic N) is 2. The molecule has 0 N–H and O–H groups in total. The normalized spacial score (nSPS) is 15.3. The van der Waals surface area contributed by atoms with E-state index < -0.39 is 5.41 Å². The summed E-state index contributed by atoms with van der Waals surface area (Å²) in [5.74, 6) is 1.41. The van der Waals surface area contributed by atoms with Crippen molar-refractivity contribution in [3.8, 4) is 11.5 Å². The maximum absolute atomic E-state index is 12.4. The van der Waals surface area contributed by atoms with Gasteiger partial charge >= 0.3 is 0 Å². The van der Waals surface area contributed by atoms with Crippen molar-refractivity contribution in [3.05, 3.63) is 29.8 Å².